The van der Waals surface area contributed by atoms with Crippen molar-refractivity contribution in [3.05, 3.63) is 0 Å². The summed E-state index contributed by atoms with van der Waals surface area (Å²) in [4.78, 5) is 47.8. The number of aliphatic hydroxyl groups is 1. The third kappa shape index (κ3) is 2.44. The fourth-order valence-electron chi connectivity index (χ4n) is 2.37. The largest absolute Gasteiger partial charge is 0.480 e. The summed E-state index contributed by atoms with van der Waals surface area (Å²) < 4.78 is 0. The predicted molar refractivity (Wildman–Crippen MR) is 63.5 cm³/mol. The molecule has 3 unspecified atom stereocenters. The van der Waals surface area contributed by atoms with E-state index in [1.807, 2.05) is 0 Å². The van der Waals surface area contributed by atoms with Crippen molar-refractivity contribution < 1.29 is 29.4 Å². The molecule has 2 aliphatic heterocycles. The zero-order valence-corrected chi connectivity index (χ0v) is 10.8. The molecule has 2 rings (SSSR count). The van der Waals surface area contributed by atoms with Gasteiger partial charge in [-0.15, -0.1) is 0 Å². The fourth-order valence-corrected chi connectivity index (χ4v) is 2.37. The van der Waals surface area contributed by atoms with E-state index in [9.17, 15) is 24.3 Å². The van der Waals surface area contributed by atoms with Crippen LogP contribution in [0, 0.1) is 0 Å². The molecule has 2 heterocycles. The van der Waals surface area contributed by atoms with Gasteiger partial charge in [-0.25, -0.2) is 9.59 Å². The number of carbonyl (C=O) groups is 4. The molecule has 0 aromatic heterocycles. The molecule has 3 atom stereocenters. The second-order valence-electron chi connectivity index (χ2n) is 4.89. The summed E-state index contributed by atoms with van der Waals surface area (Å²) >= 11 is 0. The number of nitrogens with zero attached hydrogens (tertiary/aromatic N) is 2. The Bertz CT molecular complexity index is 479. The van der Waals surface area contributed by atoms with E-state index in [4.69, 9.17) is 5.11 Å². The molecule has 0 spiro atoms. The Morgan fingerprint density at radius 2 is 2.00 bits per heavy atom. The summed E-state index contributed by atoms with van der Waals surface area (Å²) in [7, 11) is 1.32. The molecular weight excluding hydrogens is 270 g/mol. The van der Waals surface area contributed by atoms with Crippen molar-refractivity contribution in [1.82, 2.24) is 15.1 Å². The summed E-state index contributed by atoms with van der Waals surface area (Å²) in [6.07, 6.45) is -1.11. The van der Waals surface area contributed by atoms with Gasteiger partial charge in [-0.3, -0.25) is 14.5 Å². The van der Waals surface area contributed by atoms with Crippen molar-refractivity contribution in [3.8, 4) is 0 Å². The van der Waals surface area contributed by atoms with Gasteiger partial charge in [0.1, 0.15) is 12.1 Å². The Kier molecular flexibility index (Phi) is 3.62. The van der Waals surface area contributed by atoms with E-state index in [2.05, 4.69) is 5.32 Å². The smallest absolute Gasteiger partial charge is 0.326 e. The highest BCUT2D eigenvalue weighted by atomic mass is 16.4. The lowest BCUT2D eigenvalue weighted by Crippen LogP contribution is -2.51. The van der Waals surface area contributed by atoms with Gasteiger partial charge < -0.3 is 20.4 Å². The maximum atomic E-state index is 12.0. The molecule has 0 bridgehead atoms. The minimum absolute atomic E-state index is 0.0554. The van der Waals surface area contributed by atoms with Crippen molar-refractivity contribution in [2.75, 3.05) is 13.6 Å². The Balaban J connectivity index is 2.03. The number of carbonyl (C=O) groups excluding carboxylic acids is 3. The number of β-amino-alcohol motifs (C(OH)–C–C–N with tert-alkyl or cyclic N) is 1. The normalized spacial score (nSPS) is 30.0. The average Bonchev–Trinajstić information content (AvgIpc) is 2.87. The van der Waals surface area contributed by atoms with Crippen LogP contribution in [-0.4, -0.2) is 75.6 Å². The maximum Gasteiger partial charge on any atom is 0.326 e. The van der Waals surface area contributed by atoms with Crippen LogP contribution in [0.15, 0.2) is 0 Å². The van der Waals surface area contributed by atoms with Crippen LogP contribution in [0.25, 0.3) is 0 Å². The van der Waals surface area contributed by atoms with Crippen LogP contribution in [0.1, 0.15) is 12.8 Å². The lowest BCUT2D eigenvalue weighted by Gasteiger charge is -2.23. The molecular formula is C11H15N3O6. The van der Waals surface area contributed by atoms with Crippen LogP contribution in [0.4, 0.5) is 4.79 Å². The third-order valence-corrected chi connectivity index (χ3v) is 3.50. The molecule has 9 nitrogen and oxygen atoms in total. The number of carboxylic acids is 1. The fraction of sp³-hybridized carbons (Fsp3) is 0.636. The minimum atomic E-state index is -1.22. The van der Waals surface area contributed by atoms with Crippen molar-refractivity contribution in [2.45, 2.75) is 31.0 Å². The number of aliphatic carboxylic acids is 1. The van der Waals surface area contributed by atoms with E-state index in [0.717, 1.165) is 9.80 Å². The SMILES string of the molecule is CN1C(=O)CC(NC(=O)N2CC(O)CC2C(=O)O)C1=O. The number of rotatable bonds is 2. The quantitative estimate of drug-likeness (QED) is 0.502. The van der Waals surface area contributed by atoms with Crippen molar-refractivity contribution >= 4 is 23.8 Å². The molecule has 0 saturated carbocycles. The van der Waals surface area contributed by atoms with Crippen LogP contribution in [0.2, 0.25) is 0 Å². The Labute approximate surface area is 114 Å². The van der Waals surface area contributed by atoms with Crippen LogP contribution in [-0.2, 0) is 14.4 Å². The number of aliphatic hydroxyl groups excluding tert-OH is 1. The monoisotopic (exact) mass is 285 g/mol. The average molecular weight is 285 g/mol. The molecule has 0 aromatic carbocycles. The second-order valence-corrected chi connectivity index (χ2v) is 4.89. The van der Waals surface area contributed by atoms with E-state index in [0.29, 0.717) is 0 Å². The highest BCUT2D eigenvalue weighted by molar-refractivity contribution is 6.06. The highest BCUT2D eigenvalue weighted by Gasteiger charge is 2.42. The van der Waals surface area contributed by atoms with Gasteiger partial charge in [0.25, 0.3) is 5.91 Å². The standard InChI is InChI=1S/C11H15N3O6/c1-13-8(16)3-6(9(13)17)12-11(20)14-4-5(15)2-7(14)10(18)19/h5-7,15H,2-4H2,1H3,(H,12,20)(H,18,19). The molecule has 0 radical (unpaired) electrons. The maximum absolute atomic E-state index is 12.0. The lowest BCUT2D eigenvalue weighted by atomic mass is 10.2. The van der Waals surface area contributed by atoms with Crippen LogP contribution < -0.4 is 5.32 Å². The molecule has 4 amide bonds. The molecule has 9 heteroatoms. The van der Waals surface area contributed by atoms with Gasteiger partial charge in [-0.1, -0.05) is 0 Å². The zero-order chi connectivity index (χ0) is 15.0. The molecule has 110 valence electrons. The van der Waals surface area contributed by atoms with Crippen LogP contribution in [0.3, 0.4) is 0 Å². The number of likely N-dealkylation sites (N-methyl/N-ethyl adjacent to an activating group) is 1. The minimum Gasteiger partial charge on any atom is -0.480 e. The van der Waals surface area contributed by atoms with E-state index >= 15 is 0 Å². The Morgan fingerprint density at radius 1 is 1.35 bits per heavy atom. The number of amides is 4. The van der Waals surface area contributed by atoms with E-state index in [1.54, 1.807) is 0 Å². The number of hydrogen-bond donors (Lipinski definition) is 3. The third-order valence-electron chi connectivity index (χ3n) is 3.50. The molecule has 0 aliphatic carbocycles. The number of imide groups is 1. The number of hydrogen-bond acceptors (Lipinski definition) is 5. The first-order chi connectivity index (χ1) is 9.31. The lowest BCUT2D eigenvalue weighted by molar-refractivity contribution is -0.141. The summed E-state index contributed by atoms with van der Waals surface area (Å²) in [6, 6.07) is -2.88. The van der Waals surface area contributed by atoms with Gasteiger partial charge in [-0.2, -0.15) is 0 Å². The molecule has 2 aliphatic rings. The van der Waals surface area contributed by atoms with Crippen molar-refractivity contribution in [2.24, 2.45) is 0 Å². The number of nitrogens with one attached hydrogen (secondary N) is 1. The Morgan fingerprint density at radius 3 is 2.50 bits per heavy atom. The predicted octanol–water partition coefficient (Wildman–Crippen LogP) is -2.03. The molecule has 2 saturated heterocycles. The topological polar surface area (TPSA) is 127 Å². The van der Waals surface area contributed by atoms with Crippen LogP contribution in [0.5, 0.6) is 0 Å². The first-order valence-corrected chi connectivity index (χ1v) is 6.09. The molecule has 2 fully saturated rings. The number of carboxylic acid groups (broad SMARTS) is 1. The van der Waals surface area contributed by atoms with Gasteiger partial charge in [0.2, 0.25) is 5.91 Å². The summed E-state index contributed by atoms with van der Waals surface area (Å²) in [5.74, 6) is -2.16. The second kappa shape index (κ2) is 5.08. The Hall–Kier alpha value is -2.16. The van der Waals surface area contributed by atoms with E-state index < -0.39 is 42.0 Å². The first-order valence-electron chi connectivity index (χ1n) is 6.09. The molecule has 20 heavy (non-hydrogen) atoms. The first kappa shape index (κ1) is 14.3. The summed E-state index contributed by atoms with van der Waals surface area (Å²) in [6.45, 7) is -0.118. The van der Waals surface area contributed by atoms with E-state index in [-0.39, 0.29) is 19.4 Å². The van der Waals surface area contributed by atoms with Gasteiger partial charge >= 0.3 is 12.0 Å². The van der Waals surface area contributed by atoms with Crippen molar-refractivity contribution in [1.29, 1.82) is 0 Å². The van der Waals surface area contributed by atoms with Crippen molar-refractivity contribution in [3.63, 3.8) is 0 Å². The number of urea groups is 1. The molecule has 3 N–H and O–H groups in total. The highest BCUT2D eigenvalue weighted by Crippen LogP contribution is 2.19. The van der Waals surface area contributed by atoms with Gasteiger partial charge in [0, 0.05) is 20.0 Å². The number of likely N-dealkylation sites (tertiary alicyclic amines) is 2. The molecule has 0 aromatic rings. The van der Waals surface area contributed by atoms with Gasteiger partial charge in [-0.05, 0) is 0 Å². The van der Waals surface area contributed by atoms with Crippen LogP contribution >= 0.6 is 0 Å². The zero-order valence-electron chi connectivity index (χ0n) is 10.8. The summed E-state index contributed by atoms with van der Waals surface area (Å²) in [5, 5.41) is 20.8. The van der Waals surface area contributed by atoms with E-state index in [1.165, 1.54) is 7.05 Å². The summed E-state index contributed by atoms with van der Waals surface area (Å²) in [5.41, 5.74) is 0. The van der Waals surface area contributed by atoms with Gasteiger partial charge in [0.05, 0.1) is 12.5 Å². The van der Waals surface area contributed by atoms with Gasteiger partial charge in [0.15, 0.2) is 0 Å².